The van der Waals surface area contributed by atoms with Gasteiger partial charge in [-0.15, -0.1) is 0 Å². The number of pyridine rings is 1. The quantitative estimate of drug-likeness (QED) is 0.784. The summed E-state index contributed by atoms with van der Waals surface area (Å²) in [6.07, 6.45) is 0. The maximum absolute atomic E-state index is 13.0. The first-order valence-corrected chi connectivity index (χ1v) is 7.93. The van der Waals surface area contributed by atoms with Crippen LogP contribution < -0.4 is 19.6 Å². The molecular weight excluding hydrogens is 318 g/mol. The van der Waals surface area contributed by atoms with E-state index >= 15 is 0 Å². The molecule has 0 unspecified atom stereocenters. The summed E-state index contributed by atoms with van der Waals surface area (Å²) in [7, 11) is 4.67. The number of benzene rings is 2. The summed E-state index contributed by atoms with van der Waals surface area (Å²) < 4.78 is 16.1. The topological polar surface area (TPSA) is 60.6 Å². The van der Waals surface area contributed by atoms with Gasteiger partial charge in [0.1, 0.15) is 0 Å². The Kier molecular flexibility index (Phi) is 4.40. The number of fused-ring (bicyclic) bond motifs is 1. The molecule has 130 valence electrons. The monoisotopic (exact) mass is 339 g/mol. The van der Waals surface area contributed by atoms with E-state index < -0.39 is 0 Å². The fourth-order valence-corrected chi connectivity index (χ4v) is 3.18. The Hall–Kier alpha value is -2.95. The fourth-order valence-electron chi connectivity index (χ4n) is 3.18. The SMILES string of the molecule is COc1ccc(-c2[nH]c3cc(C)cc(C)c3c(=O)c2OC)cc1OC. The van der Waals surface area contributed by atoms with Gasteiger partial charge in [0, 0.05) is 5.56 Å². The zero-order chi connectivity index (χ0) is 18.1. The molecule has 5 nitrogen and oxygen atoms in total. The second-order valence-electron chi connectivity index (χ2n) is 5.94. The molecule has 0 spiro atoms. The van der Waals surface area contributed by atoms with Crippen molar-refractivity contribution in [3.63, 3.8) is 0 Å². The second-order valence-corrected chi connectivity index (χ2v) is 5.94. The summed E-state index contributed by atoms with van der Waals surface area (Å²) in [5.41, 5.74) is 4.07. The molecule has 1 heterocycles. The molecule has 25 heavy (non-hydrogen) atoms. The van der Waals surface area contributed by atoms with E-state index in [0.717, 1.165) is 22.2 Å². The number of rotatable bonds is 4. The number of nitrogens with one attached hydrogen (secondary N) is 1. The molecule has 1 aromatic heterocycles. The van der Waals surface area contributed by atoms with E-state index in [2.05, 4.69) is 4.98 Å². The number of aromatic nitrogens is 1. The lowest BCUT2D eigenvalue weighted by molar-refractivity contribution is 0.355. The second kappa shape index (κ2) is 6.51. The van der Waals surface area contributed by atoms with Crippen LogP contribution in [0.4, 0.5) is 0 Å². The van der Waals surface area contributed by atoms with Crippen LogP contribution >= 0.6 is 0 Å². The molecule has 0 bridgehead atoms. The predicted molar refractivity (Wildman–Crippen MR) is 99.1 cm³/mol. The number of H-pyrrole nitrogens is 1. The van der Waals surface area contributed by atoms with E-state index in [1.807, 2.05) is 38.1 Å². The van der Waals surface area contributed by atoms with Crippen molar-refractivity contribution in [2.75, 3.05) is 21.3 Å². The predicted octanol–water partition coefficient (Wildman–Crippen LogP) is 3.84. The first-order chi connectivity index (χ1) is 12.0. The first kappa shape index (κ1) is 16.9. The third-order valence-corrected chi connectivity index (χ3v) is 4.28. The summed E-state index contributed by atoms with van der Waals surface area (Å²) >= 11 is 0. The van der Waals surface area contributed by atoms with E-state index in [0.29, 0.717) is 22.6 Å². The molecule has 3 aromatic rings. The Bertz CT molecular complexity index is 1000. The van der Waals surface area contributed by atoms with Crippen LogP contribution in [0.1, 0.15) is 11.1 Å². The number of methoxy groups -OCH3 is 3. The Morgan fingerprint density at radius 2 is 1.60 bits per heavy atom. The van der Waals surface area contributed by atoms with Gasteiger partial charge in [-0.05, 0) is 49.2 Å². The summed E-state index contributed by atoms with van der Waals surface area (Å²) in [6, 6.07) is 9.45. The molecule has 1 N–H and O–H groups in total. The molecule has 0 radical (unpaired) electrons. The van der Waals surface area contributed by atoms with Gasteiger partial charge in [-0.2, -0.15) is 0 Å². The Morgan fingerprint density at radius 3 is 2.24 bits per heavy atom. The van der Waals surface area contributed by atoms with Crippen molar-refractivity contribution in [1.82, 2.24) is 4.98 Å². The van der Waals surface area contributed by atoms with Crippen LogP contribution in [0.25, 0.3) is 22.2 Å². The molecule has 0 amide bonds. The van der Waals surface area contributed by atoms with E-state index in [1.54, 1.807) is 20.3 Å². The van der Waals surface area contributed by atoms with Crippen molar-refractivity contribution < 1.29 is 14.2 Å². The Morgan fingerprint density at radius 1 is 0.880 bits per heavy atom. The number of aryl methyl sites for hydroxylation is 2. The number of hydrogen-bond donors (Lipinski definition) is 1. The van der Waals surface area contributed by atoms with Crippen LogP contribution in [0, 0.1) is 13.8 Å². The van der Waals surface area contributed by atoms with Crippen LogP contribution in [0.3, 0.4) is 0 Å². The largest absolute Gasteiger partial charge is 0.493 e. The van der Waals surface area contributed by atoms with Gasteiger partial charge < -0.3 is 19.2 Å². The Balaban J connectivity index is 2.35. The first-order valence-electron chi connectivity index (χ1n) is 7.93. The molecule has 0 aliphatic heterocycles. The van der Waals surface area contributed by atoms with Gasteiger partial charge in [0.2, 0.25) is 5.43 Å². The molecule has 3 rings (SSSR count). The van der Waals surface area contributed by atoms with Crippen molar-refractivity contribution in [2.45, 2.75) is 13.8 Å². The van der Waals surface area contributed by atoms with E-state index in [1.165, 1.54) is 7.11 Å². The van der Waals surface area contributed by atoms with E-state index in [9.17, 15) is 4.79 Å². The number of ether oxygens (including phenoxy) is 3. The lowest BCUT2D eigenvalue weighted by atomic mass is 10.0. The summed E-state index contributed by atoms with van der Waals surface area (Å²) in [5, 5.41) is 0.645. The van der Waals surface area contributed by atoms with Gasteiger partial charge in [-0.25, -0.2) is 0 Å². The minimum Gasteiger partial charge on any atom is -0.493 e. The summed E-state index contributed by atoms with van der Waals surface area (Å²) in [5.74, 6) is 1.50. The average Bonchev–Trinajstić information content (AvgIpc) is 2.60. The molecule has 5 heteroatoms. The smallest absolute Gasteiger partial charge is 0.232 e. The highest BCUT2D eigenvalue weighted by molar-refractivity contribution is 5.88. The molecule has 2 aromatic carbocycles. The molecule has 0 saturated heterocycles. The molecule has 0 aliphatic carbocycles. The minimum absolute atomic E-state index is 0.126. The highest BCUT2D eigenvalue weighted by atomic mass is 16.5. The van der Waals surface area contributed by atoms with Gasteiger partial charge in [-0.1, -0.05) is 6.07 Å². The van der Waals surface area contributed by atoms with Gasteiger partial charge in [0.15, 0.2) is 17.2 Å². The number of hydrogen-bond acceptors (Lipinski definition) is 4. The molecular formula is C20H21NO4. The molecule has 0 aliphatic rings. The van der Waals surface area contributed by atoms with E-state index in [4.69, 9.17) is 14.2 Å². The standard InChI is InChI=1S/C20H21NO4/c1-11-8-12(2)17-14(9-11)21-18(20(25-5)19(17)22)13-6-7-15(23-3)16(10-13)24-4/h6-10H,1-5H3,(H,21,22). The van der Waals surface area contributed by atoms with Gasteiger partial charge in [0.05, 0.1) is 37.9 Å². The van der Waals surface area contributed by atoms with Crippen molar-refractivity contribution in [3.05, 3.63) is 51.7 Å². The molecule has 0 fully saturated rings. The molecule has 0 saturated carbocycles. The van der Waals surface area contributed by atoms with Gasteiger partial charge in [-0.3, -0.25) is 4.79 Å². The van der Waals surface area contributed by atoms with Gasteiger partial charge in [0.25, 0.3) is 0 Å². The maximum atomic E-state index is 13.0. The Labute approximate surface area is 146 Å². The van der Waals surface area contributed by atoms with E-state index in [-0.39, 0.29) is 11.2 Å². The third kappa shape index (κ3) is 2.82. The lowest BCUT2D eigenvalue weighted by Crippen LogP contribution is -2.11. The number of aromatic amines is 1. The highest BCUT2D eigenvalue weighted by Gasteiger charge is 2.17. The summed E-state index contributed by atoms with van der Waals surface area (Å²) in [4.78, 5) is 16.3. The van der Waals surface area contributed by atoms with Crippen LogP contribution in [-0.2, 0) is 0 Å². The van der Waals surface area contributed by atoms with Crippen LogP contribution in [0.15, 0.2) is 35.1 Å². The maximum Gasteiger partial charge on any atom is 0.232 e. The minimum atomic E-state index is -0.126. The van der Waals surface area contributed by atoms with Gasteiger partial charge >= 0.3 is 0 Å². The van der Waals surface area contributed by atoms with Crippen LogP contribution in [0.2, 0.25) is 0 Å². The van der Waals surface area contributed by atoms with Crippen LogP contribution in [-0.4, -0.2) is 26.3 Å². The van der Waals surface area contributed by atoms with Crippen LogP contribution in [0.5, 0.6) is 17.2 Å². The lowest BCUT2D eigenvalue weighted by Gasteiger charge is -2.14. The summed E-state index contributed by atoms with van der Waals surface area (Å²) in [6.45, 7) is 3.94. The zero-order valence-electron chi connectivity index (χ0n) is 15.0. The zero-order valence-corrected chi connectivity index (χ0v) is 15.0. The molecule has 0 atom stereocenters. The van der Waals surface area contributed by atoms with Crippen molar-refractivity contribution in [2.24, 2.45) is 0 Å². The fraction of sp³-hybridized carbons (Fsp3) is 0.250. The van der Waals surface area contributed by atoms with Crippen molar-refractivity contribution in [1.29, 1.82) is 0 Å². The van der Waals surface area contributed by atoms with Crippen molar-refractivity contribution in [3.8, 4) is 28.5 Å². The third-order valence-electron chi connectivity index (χ3n) is 4.28. The highest BCUT2D eigenvalue weighted by Crippen LogP contribution is 2.35. The van der Waals surface area contributed by atoms with Crippen molar-refractivity contribution >= 4 is 10.9 Å². The average molecular weight is 339 g/mol. The normalized spacial score (nSPS) is 10.8.